The molecule has 0 radical (unpaired) electrons. The van der Waals surface area contributed by atoms with E-state index in [2.05, 4.69) is 9.82 Å². The van der Waals surface area contributed by atoms with Crippen molar-refractivity contribution < 1.29 is 13.2 Å². The predicted octanol–water partition coefficient (Wildman–Crippen LogP) is 2.69. The summed E-state index contributed by atoms with van der Waals surface area (Å²) in [4.78, 5) is 29.3. The lowest BCUT2D eigenvalue weighted by Crippen LogP contribution is -2.39. The van der Waals surface area contributed by atoms with Gasteiger partial charge in [-0.15, -0.1) is 0 Å². The Morgan fingerprint density at radius 1 is 1.27 bits per heavy atom. The summed E-state index contributed by atoms with van der Waals surface area (Å²) in [5.41, 5.74) is -1.84. The average molecular weight is 384 g/mol. The fourth-order valence-electron chi connectivity index (χ4n) is 2.74. The molecule has 0 unspecified atom stereocenters. The molecule has 0 aliphatic carbocycles. The summed E-state index contributed by atoms with van der Waals surface area (Å²) in [6.45, 7) is 1.74. The molecule has 138 valence electrons. The third-order valence-electron chi connectivity index (χ3n) is 4.01. The maximum Gasteiger partial charge on any atom is 0.416 e. The summed E-state index contributed by atoms with van der Waals surface area (Å²) in [5, 5.41) is -0.000964. The molecule has 3 rings (SSSR count). The Bertz CT molecular complexity index is 1080. The van der Waals surface area contributed by atoms with Crippen molar-refractivity contribution in [2.75, 3.05) is 11.1 Å². The second kappa shape index (κ2) is 6.60. The molecule has 0 aliphatic heterocycles. The number of benzene rings is 1. The standard InChI is InChI=1S/C16H15F3N4O2S/c1-9-4-3-5-22(9)8-10-6-11-13(7-12(10)16(17,18)19)20-15(25)23(14(11)24)21-26-2/h3-7,21H,8H2,1-2H3,(H,20,25). The van der Waals surface area contributed by atoms with E-state index in [1.54, 1.807) is 36.1 Å². The molecule has 0 bridgehead atoms. The van der Waals surface area contributed by atoms with Crippen molar-refractivity contribution in [3.05, 3.63) is 68.1 Å². The number of aryl methyl sites for hydroxylation is 1. The lowest BCUT2D eigenvalue weighted by atomic mass is 10.0. The lowest BCUT2D eigenvalue weighted by molar-refractivity contribution is -0.138. The van der Waals surface area contributed by atoms with Crippen LogP contribution in [0.25, 0.3) is 10.9 Å². The van der Waals surface area contributed by atoms with Crippen LogP contribution in [0.15, 0.2) is 40.1 Å². The van der Waals surface area contributed by atoms with Gasteiger partial charge in [0.1, 0.15) is 0 Å². The van der Waals surface area contributed by atoms with Gasteiger partial charge in [-0.2, -0.15) is 17.8 Å². The van der Waals surface area contributed by atoms with Crippen LogP contribution in [0.3, 0.4) is 0 Å². The number of H-pyrrole nitrogens is 1. The molecular weight excluding hydrogens is 369 g/mol. The highest BCUT2D eigenvalue weighted by Gasteiger charge is 2.34. The molecular formula is C16H15F3N4O2S. The average Bonchev–Trinajstić information content (AvgIpc) is 2.95. The normalized spacial score (nSPS) is 11.9. The minimum atomic E-state index is -4.62. The summed E-state index contributed by atoms with van der Waals surface area (Å²) in [6.07, 6.45) is -1.34. The van der Waals surface area contributed by atoms with Gasteiger partial charge in [-0.05, 0) is 48.7 Å². The zero-order valence-electron chi connectivity index (χ0n) is 13.8. The van der Waals surface area contributed by atoms with Gasteiger partial charge in [-0.3, -0.25) is 9.63 Å². The summed E-state index contributed by atoms with van der Waals surface area (Å²) < 4.78 is 42.9. The van der Waals surface area contributed by atoms with E-state index in [-0.39, 0.29) is 23.0 Å². The van der Waals surface area contributed by atoms with E-state index in [1.165, 1.54) is 6.07 Å². The molecule has 26 heavy (non-hydrogen) atoms. The Morgan fingerprint density at radius 2 is 2.00 bits per heavy atom. The van der Waals surface area contributed by atoms with Gasteiger partial charge in [-0.25, -0.2) is 4.79 Å². The van der Waals surface area contributed by atoms with Crippen molar-refractivity contribution >= 4 is 22.9 Å². The molecule has 0 amide bonds. The van der Waals surface area contributed by atoms with Crippen LogP contribution in [0.2, 0.25) is 0 Å². The minimum Gasteiger partial charge on any atom is -0.347 e. The number of halogens is 3. The second-order valence-corrected chi connectivity index (χ2v) is 6.29. The Labute approximate surface area is 149 Å². The topological polar surface area (TPSA) is 71.8 Å². The van der Waals surface area contributed by atoms with E-state index < -0.39 is 23.0 Å². The number of aromatic amines is 1. The first-order valence-corrected chi connectivity index (χ1v) is 8.74. The number of nitrogens with one attached hydrogen (secondary N) is 2. The number of fused-ring (bicyclic) bond motifs is 1. The summed E-state index contributed by atoms with van der Waals surface area (Å²) in [6, 6.07) is 5.52. The molecule has 2 aromatic heterocycles. The first-order valence-electron chi connectivity index (χ1n) is 7.52. The molecule has 2 heterocycles. The highest BCUT2D eigenvalue weighted by atomic mass is 32.2. The van der Waals surface area contributed by atoms with E-state index in [1.807, 2.05) is 0 Å². The van der Waals surface area contributed by atoms with Gasteiger partial charge in [-0.1, -0.05) is 0 Å². The van der Waals surface area contributed by atoms with Crippen molar-refractivity contribution in [1.82, 2.24) is 14.2 Å². The monoisotopic (exact) mass is 384 g/mol. The molecule has 0 atom stereocenters. The van der Waals surface area contributed by atoms with Gasteiger partial charge in [0.15, 0.2) is 0 Å². The van der Waals surface area contributed by atoms with Crippen molar-refractivity contribution in [3.8, 4) is 0 Å². The Hall–Kier alpha value is -2.62. The number of aromatic nitrogens is 3. The van der Waals surface area contributed by atoms with E-state index in [0.717, 1.165) is 28.4 Å². The van der Waals surface area contributed by atoms with Crippen LogP contribution in [0, 0.1) is 6.92 Å². The van der Waals surface area contributed by atoms with Gasteiger partial charge in [0.2, 0.25) is 0 Å². The smallest absolute Gasteiger partial charge is 0.347 e. The number of nitrogens with zero attached hydrogens (tertiary/aromatic N) is 2. The molecule has 0 saturated carbocycles. The first kappa shape index (κ1) is 18.2. The Morgan fingerprint density at radius 3 is 2.58 bits per heavy atom. The van der Waals surface area contributed by atoms with Crippen molar-refractivity contribution in [1.29, 1.82) is 0 Å². The van der Waals surface area contributed by atoms with Gasteiger partial charge in [0.05, 0.1) is 16.5 Å². The van der Waals surface area contributed by atoms with Gasteiger partial charge < -0.3 is 9.55 Å². The molecule has 10 heteroatoms. The fourth-order valence-corrected chi connectivity index (χ4v) is 3.09. The number of hydrogen-bond acceptors (Lipinski definition) is 4. The van der Waals surface area contributed by atoms with Crippen LogP contribution in [0.4, 0.5) is 13.2 Å². The Balaban J connectivity index is 2.28. The summed E-state index contributed by atoms with van der Waals surface area (Å²) in [7, 11) is 0. The van der Waals surface area contributed by atoms with Crippen molar-refractivity contribution in [2.24, 2.45) is 0 Å². The second-order valence-electron chi connectivity index (χ2n) is 5.70. The largest absolute Gasteiger partial charge is 0.416 e. The number of hydrogen-bond donors (Lipinski definition) is 2. The highest BCUT2D eigenvalue weighted by molar-refractivity contribution is 7.99. The van der Waals surface area contributed by atoms with Crippen LogP contribution in [-0.2, 0) is 12.7 Å². The maximum absolute atomic E-state index is 13.5. The zero-order chi connectivity index (χ0) is 19.1. The summed E-state index contributed by atoms with van der Waals surface area (Å²) in [5.74, 6) is 0. The van der Waals surface area contributed by atoms with Crippen LogP contribution in [0.1, 0.15) is 16.8 Å². The molecule has 0 saturated heterocycles. The third kappa shape index (κ3) is 3.24. The highest BCUT2D eigenvalue weighted by Crippen LogP contribution is 2.34. The van der Waals surface area contributed by atoms with Crippen molar-refractivity contribution in [3.63, 3.8) is 0 Å². The SMILES string of the molecule is CSNn1c(=O)[nH]c2cc(C(F)(F)F)c(Cn3cccc3C)cc2c1=O. The lowest BCUT2D eigenvalue weighted by Gasteiger charge is -2.16. The maximum atomic E-state index is 13.5. The van der Waals surface area contributed by atoms with Gasteiger partial charge in [0.25, 0.3) is 5.56 Å². The molecule has 0 spiro atoms. The zero-order valence-corrected chi connectivity index (χ0v) is 14.7. The molecule has 3 aromatic rings. The minimum absolute atomic E-state index is 0.000964. The van der Waals surface area contributed by atoms with Gasteiger partial charge >= 0.3 is 11.9 Å². The molecule has 1 aromatic carbocycles. The van der Waals surface area contributed by atoms with E-state index in [0.29, 0.717) is 0 Å². The van der Waals surface area contributed by atoms with Gasteiger partial charge in [0, 0.05) is 24.7 Å². The van der Waals surface area contributed by atoms with Crippen LogP contribution in [0.5, 0.6) is 0 Å². The van der Waals surface area contributed by atoms with Crippen LogP contribution in [-0.4, -0.2) is 20.5 Å². The summed E-state index contributed by atoms with van der Waals surface area (Å²) >= 11 is 1.02. The fraction of sp³-hybridized carbons (Fsp3) is 0.250. The molecule has 0 fully saturated rings. The quantitative estimate of drug-likeness (QED) is 0.679. The third-order valence-corrected chi connectivity index (χ3v) is 4.37. The van der Waals surface area contributed by atoms with Crippen LogP contribution < -0.4 is 16.1 Å². The van der Waals surface area contributed by atoms with E-state index in [9.17, 15) is 22.8 Å². The Kier molecular flexibility index (Phi) is 4.61. The van der Waals surface area contributed by atoms with Crippen LogP contribution >= 0.6 is 11.9 Å². The molecule has 0 aliphatic rings. The predicted molar refractivity (Wildman–Crippen MR) is 95.0 cm³/mol. The first-order chi connectivity index (χ1) is 12.2. The van der Waals surface area contributed by atoms with Crippen molar-refractivity contribution in [2.45, 2.75) is 19.6 Å². The number of rotatable bonds is 4. The molecule has 2 N–H and O–H groups in total. The van der Waals surface area contributed by atoms with E-state index in [4.69, 9.17) is 0 Å². The number of alkyl halides is 3. The molecule has 6 nitrogen and oxygen atoms in total. The van der Waals surface area contributed by atoms with E-state index >= 15 is 0 Å².